The van der Waals surface area contributed by atoms with Gasteiger partial charge in [-0.05, 0) is 50.1 Å². The zero-order chi connectivity index (χ0) is 21.3. The highest BCUT2D eigenvalue weighted by Crippen LogP contribution is 2.42. The van der Waals surface area contributed by atoms with Crippen LogP contribution in [0.4, 0.5) is 29.3 Å². The van der Waals surface area contributed by atoms with Crippen molar-refractivity contribution in [2.45, 2.75) is 33.4 Å². The first kappa shape index (κ1) is 20.5. The van der Waals surface area contributed by atoms with Gasteiger partial charge in [0.15, 0.2) is 17.7 Å². The molecule has 1 aliphatic rings. The van der Waals surface area contributed by atoms with Gasteiger partial charge in [0.05, 0.1) is 24.5 Å². The van der Waals surface area contributed by atoms with Gasteiger partial charge >= 0.3 is 6.09 Å². The summed E-state index contributed by atoms with van der Waals surface area (Å²) in [4.78, 5) is 25.5. The van der Waals surface area contributed by atoms with Crippen LogP contribution in [0.5, 0.6) is 5.75 Å². The van der Waals surface area contributed by atoms with Crippen molar-refractivity contribution in [1.29, 1.82) is 0 Å². The molecule has 0 saturated carbocycles. The van der Waals surface area contributed by atoms with Gasteiger partial charge in [-0.25, -0.2) is 18.0 Å². The van der Waals surface area contributed by atoms with Crippen LogP contribution in [0.15, 0.2) is 24.3 Å². The second-order valence-corrected chi connectivity index (χ2v) is 6.54. The standard InChI is InChI=1S/C20H19F3N2O4/c1-4-28-20(27)24-17-10(2)5-15-18(16(17)23)29-11(3)19(26)25(15)9-12-6-13(21)8-14(22)7-12/h5-8,11H,4,9H2,1-3H3,(H,24,27). The molecule has 2 aromatic carbocycles. The van der Waals surface area contributed by atoms with E-state index in [0.29, 0.717) is 5.56 Å². The number of amides is 2. The van der Waals surface area contributed by atoms with E-state index in [1.54, 1.807) is 6.92 Å². The van der Waals surface area contributed by atoms with Crippen molar-refractivity contribution in [3.05, 3.63) is 52.8 Å². The maximum Gasteiger partial charge on any atom is 0.411 e. The first-order valence-corrected chi connectivity index (χ1v) is 8.91. The zero-order valence-electron chi connectivity index (χ0n) is 16.0. The maximum absolute atomic E-state index is 15.1. The molecule has 29 heavy (non-hydrogen) atoms. The number of hydrogen-bond donors (Lipinski definition) is 1. The Morgan fingerprint density at radius 2 is 1.86 bits per heavy atom. The van der Waals surface area contributed by atoms with Crippen LogP contribution in [-0.2, 0) is 16.1 Å². The summed E-state index contributed by atoms with van der Waals surface area (Å²) in [5.74, 6) is -3.18. The minimum atomic E-state index is -1.03. The van der Waals surface area contributed by atoms with Crippen molar-refractivity contribution < 1.29 is 32.2 Å². The lowest BCUT2D eigenvalue weighted by Crippen LogP contribution is -2.44. The molecule has 2 amide bonds. The Hall–Kier alpha value is -3.23. The van der Waals surface area contributed by atoms with Crippen molar-refractivity contribution in [2.75, 3.05) is 16.8 Å². The Labute approximate surface area is 165 Å². The molecule has 1 unspecified atom stereocenters. The number of fused-ring (bicyclic) bond motifs is 1. The summed E-state index contributed by atoms with van der Waals surface area (Å²) in [6.45, 7) is 4.50. The fourth-order valence-corrected chi connectivity index (χ4v) is 3.09. The highest BCUT2D eigenvalue weighted by Gasteiger charge is 2.35. The van der Waals surface area contributed by atoms with E-state index in [2.05, 4.69) is 5.32 Å². The van der Waals surface area contributed by atoms with Crippen LogP contribution in [0.3, 0.4) is 0 Å². The maximum atomic E-state index is 15.1. The summed E-state index contributed by atoms with van der Waals surface area (Å²) in [7, 11) is 0. The molecule has 1 atom stereocenters. The topological polar surface area (TPSA) is 67.9 Å². The Kier molecular flexibility index (Phi) is 5.67. The minimum absolute atomic E-state index is 0.0992. The number of nitrogens with zero attached hydrogens (tertiary/aromatic N) is 1. The van der Waals surface area contributed by atoms with E-state index in [1.807, 2.05) is 0 Å². The lowest BCUT2D eigenvalue weighted by Gasteiger charge is -2.34. The van der Waals surface area contributed by atoms with Gasteiger partial charge < -0.3 is 14.4 Å². The lowest BCUT2D eigenvalue weighted by molar-refractivity contribution is -0.125. The number of nitrogens with one attached hydrogen (secondary N) is 1. The van der Waals surface area contributed by atoms with Crippen LogP contribution >= 0.6 is 0 Å². The van der Waals surface area contributed by atoms with Crippen LogP contribution < -0.4 is 15.0 Å². The molecule has 2 aromatic rings. The lowest BCUT2D eigenvalue weighted by atomic mass is 10.1. The molecule has 3 rings (SSSR count). The summed E-state index contributed by atoms with van der Waals surface area (Å²) < 4.78 is 52.4. The number of hydrogen-bond acceptors (Lipinski definition) is 4. The van der Waals surface area contributed by atoms with Crippen LogP contribution in [0.25, 0.3) is 0 Å². The monoisotopic (exact) mass is 408 g/mol. The summed E-state index contributed by atoms with van der Waals surface area (Å²) in [6, 6.07) is 4.36. The van der Waals surface area contributed by atoms with Gasteiger partial charge in [0.2, 0.25) is 0 Å². The number of ether oxygens (including phenoxy) is 2. The molecular weight excluding hydrogens is 389 g/mol. The number of anilines is 2. The van der Waals surface area contributed by atoms with Crippen LogP contribution in [0.1, 0.15) is 25.0 Å². The molecule has 0 bridgehead atoms. The molecule has 154 valence electrons. The molecule has 0 fully saturated rings. The third kappa shape index (κ3) is 4.13. The average Bonchev–Trinajstić information content (AvgIpc) is 2.63. The van der Waals surface area contributed by atoms with E-state index >= 15 is 4.39 Å². The number of halogens is 3. The highest BCUT2D eigenvalue weighted by molar-refractivity contribution is 6.01. The number of carbonyl (C=O) groups is 2. The van der Waals surface area contributed by atoms with Crippen molar-refractivity contribution in [1.82, 2.24) is 0 Å². The van der Waals surface area contributed by atoms with Crippen LogP contribution in [0, 0.1) is 24.4 Å². The van der Waals surface area contributed by atoms with Crippen molar-refractivity contribution in [2.24, 2.45) is 0 Å². The van der Waals surface area contributed by atoms with Crippen molar-refractivity contribution in [3.63, 3.8) is 0 Å². The van der Waals surface area contributed by atoms with E-state index < -0.39 is 35.6 Å². The normalized spacial score (nSPS) is 15.6. The predicted molar refractivity (Wildman–Crippen MR) is 99.4 cm³/mol. The van der Waals surface area contributed by atoms with Crippen molar-refractivity contribution in [3.8, 4) is 5.75 Å². The largest absolute Gasteiger partial charge is 0.476 e. The average molecular weight is 408 g/mol. The third-order valence-electron chi connectivity index (χ3n) is 4.36. The number of aryl methyl sites for hydroxylation is 1. The first-order valence-electron chi connectivity index (χ1n) is 8.91. The van der Waals surface area contributed by atoms with E-state index in [1.165, 1.54) is 24.8 Å². The van der Waals surface area contributed by atoms with Gasteiger partial charge in [-0.3, -0.25) is 10.1 Å². The first-order chi connectivity index (χ1) is 13.7. The molecule has 0 spiro atoms. The molecule has 1 N–H and O–H groups in total. The fraction of sp³-hybridized carbons (Fsp3) is 0.300. The smallest absolute Gasteiger partial charge is 0.411 e. The van der Waals surface area contributed by atoms with Gasteiger partial charge in [-0.15, -0.1) is 0 Å². The molecule has 0 radical (unpaired) electrons. The van der Waals surface area contributed by atoms with Crippen LogP contribution in [-0.4, -0.2) is 24.7 Å². The van der Waals surface area contributed by atoms with Crippen molar-refractivity contribution >= 4 is 23.4 Å². The summed E-state index contributed by atoms with van der Waals surface area (Å²) >= 11 is 0. The quantitative estimate of drug-likeness (QED) is 0.819. The molecule has 1 heterocycles. The van der Waals surface area contributed by atoms with E-state index in [-0.39, 0.29) is 35.8 Å². The summed E-state index contributed by atoms with van der Waals surface area (Å²) in [5, 5.41) is 2.32. The number of carbonyl (C=O) groups excluding carboxylic acids is 2. The third-order valence-corrected chi connectivity index (χ3v) is 4.36. The fourth-order valence-electron chi connectivity index (χ4n) is 3.09. The molecule has 9 heteroatoms. The molecule has 0 saturated heterocycles. The minimum Gasteiger partial charge on any atom is -0.476 e. The van der Waals surface area contributed by atoms with Gasteiger partial charge in [-0.1, -0.05) is 0 Å². The molecule has 6 nitrogen and oxygen atoms in total. The Morgan fingerprint density at radius 1 is 1.21 bits per heavy atom. The van der Waals surface area contributed by atoms with Gasteiger partial charge in [-0.2, -0.15) is 0 Å². The van der Waals surface area contributed by atoms with E-state index in [9.17, 15) is 18.4 Å². The van der Waals surface area contributed by atoms with Gasteiger partial charge in [0.1, 0.15) is 11.6 Å². The Bertz CT molecular complexity index is 960. The summed E-state index contributed by atoms with van der Waals surface area (Å²) in [5.41, 5.74) is 0.473. The highest BCUT2D eigenvalue weighted by atomic mass is 19.1. The predicted octanol–water partition coefficient (Wildman–Crippen LogP) is 4.29. The SMILES string of the molecule is CCOC(=O)Nc1c(C)cc2c(c1F)OC(C)C(=O)N2Cc1cc(F)cc(F)c1. The van der Waals surface area contributed by atoms with E-state index in [0.717, 1.165) is 18.2 Å². The van der Waals surface area contributed by atoms with Gasteiger partial charge in [0.25, 0.3) is 5.91 Å². The second-order valence-electron chi connectivity index (χ2n) is 6.54. The summed E-state index contributed by atoms with van der Waals surface area (Å²) in [6.07, 6.45) is -1.87. The number of rotatable bonds is 4. The van der Waals surface area contributed by atoms with Crippen LogP contribution in [0.2, 0.25) is 0 Å². The zero-order valence-corrected chi connectivity index (χ0v) is 16.0. The Balaban J connectivity index is 2.03. The van der Waals surface area contributed by atoms with Gasteiger partial charge in [0, 0.05) is 6.07 Å². The number of benzene rings is 2. The molecule has 1 aliphatic heterocycles. The second kappa shape index (κ2) is 8.02. The molecule has 0 aromatic heterocycles. The molecular formula is C20H19F3N2O4. The Morgan fingerprint density at radius 3 is 2.48 bits per heavy atom. The molecule has 0 aliphatic carbocycles. The van der Waals surface area contributed by atoms with E-state index in [4.69, 9.17) is 9.47 Å².